The molecule has 0 aliphatic heterocycles. The van der Waals surface area contributed by atoms with E-state index in [0.29, 0.717) is 5.69 Å². The topological polar surface area (TPSA) is 95.6 Å². The van der Waals surface area contributed by atoms with Gasteiger partial charge in [-0.25, -0.2) is 9.07 Å². The molecule has 0 bridgehead atoms. The molecule has 0 saturated carbocycles. The molecular weight excluding hydrogens is 530 g/mol. The number of hydrogen-bond acceptors (Lipinski definition) is 4. The number of rotatable bonds is 10. The zero-order valence-electron chi connectivity index (χ0n) is 23.2. The second-order valence-corrected chi connectivity index (χ2v) is 10.4. The Hall–Kier alpha value is -3.07. The van der Waals surface area contributed by atoms with Crippen LogP contribution in [0.15, 0.2) is 84.9 Å². The van der Waals surface area contributed by atoms with Crippen LogP contribution >= 0.6 is 0 Å². The molecule has 1 aliphatic carbocycles. The Morgan fingerprint density at radius 2 is 1.68 bits per heavy atom. The van der Waals surface area contributed by atoms with E-state index < -0.39 is 24.6 Å². The summed E-state index contributed by atoms with van der Waals surface area (Å²) in [7, 11) is 0. The number of halogens is 1. The summed E-state index contributed by atoms with van der Waals surface area (Å²) in [6.07, 6.45) is 4.33. The standard InChI is InChI=1S/C33H33FN2O4.Na/c34-26-13-15-27(16-14-26)36-31(18-17-28(37)20-29(38)21-32(39)40)30-8-4-7-25(33(30)35-36)19-22-9-11-24(12-10-22)23-5-2-1-3-6-23;/h1-3,5-6,9-18,25,28-29,37-38H,4,7-8,19-21H2,(H,39,40);/b18-17+;. The van der Waals surface area contributed by atoms with E-state index in [1.165, 1.54) is 28.8 Å². The maximum atomic E-state index is 13.7. The fourth-order valence-electron chi connectivity index (χ4n) is 5.47. The van der Waals surface area contributed by atoms with Gasteiger partial charge in [0, 0.05) is 47.5 Å². The molecule has 0 spiro atoms. The summed E-state index contributed by atoms with van der Waals surface area (Å²) < 4.78 is 15.5. The molecule has 3 aromatic carbocycles. The van der Waals surface area contributed by atoms with Crippen LogP contribution < -0.4 is 0 Å². The maximum absolute atomic E-state index is 13.7. The van der Waals surface area contributed by atoms with E-state index in [1.54, 1.807) is 29.0 Å². The quantitative estimate of drug-likeness (QED) is 0.220. The number of aromatic nitrogens is 2. The van der Waals surface area contributed by atoms with Crippen LogP contribution in [0, 0.1) is 5.82 Å². The number of benzene rings is 3. The molecule has 207 valence electrons. The molecule has 1 radical (unpaired) electrons. The van der Waals surface area contributed by atoms with Crippen molar-refractivity contribution in [1.82, 2.24) is 9.78 Å². The first-order valence-electron chi connectivity index (χ1n) is 13.7. The van der Waals surface area contributed by atoms with Crippen LogP contribution in [0.2, 0.25) is 0 Å². The Balaban J connectivity index is 0.00000387. The third-order valence-electron chi connectivity index (χ3n) is 7.43. The van der Waals surface area contributed by atoms with E-state index in [2.05, 4.69) is 36.4 Å². The van der Waals surface area contributed by atoms with Crippen LogP contribution in [-0.4, -0.2) is 72.8 Å². The average molecular weight is 564 g/mol. The second-order valence-electron chi connectivity index (χ2n) is 10.4. The van der Waals surface area contributed by atoms with Gasteiger partial charge in [0.1, 0.15) is 5.82 Å². The summed E-state index contributed by atoms with van der Waals surface area (Å²) in [5, 5.41) is 34.3. The van der Waals surface area contributed by atoms with Crippen LogP contribution in [0.3, 0.4) is 0 Å². The van der Waals surface area contributed by atoms with Gasteiger partial charge in [-0.05, 0) is 72.7 Å². The molecule has 3 unspecified atom stereocenters. The summed E-state index contributed by atoms with van der Waals surface area (Å²) in [6, 6.07) is 25.1. The van der Waals surface area contributed by atoms with Crippen LogP contribution in [0.4, 0.5) is 4.39 Å². The molecule has 5 rings (SSSR count). The molecule has 41 heavy (non-hydrogen) atoms. The molecule has 8 heteroatoms. The van der Waals surface area contributed by atoms with Gasteiger partial charge in [-0.2, -0.15) is 5.10 Å². The van der Waals surface area contributed by atoms with Crippen molar-refractivity contribution in [1.29, 1.82) is 0 Å². The molecule has 0 fully saturated rings. The van der Waals surface area contributed by atoms with E-state index >= 15 is 0 Å². The number of fused-ring (bicyclic) bond motifs is 1. The first kappa shape index (κ1) is 30.9. The number of aliphatic hydroxyl groups is 2. The molecule has 6 nitrogen and oxygen atoms in total. The zero-order chi connectivity index (χ0) is 28.1. The Labute approximate surface area is 261 Å². The van der Waals surface area contributed by atoms with Gasteiger partial charge in [0.15, 0.2) is 0 Å². The van der Waals surface area contributed by atoms with Crippen molar-refractivity contribution in [2.24, 2.45) is 0 Å². The van der Waals surface area contributed by atoms with E-state index in [-0.39, 0.29) is 47.7 Å². The van der Waals surface area contributed by atoms with E-state index in [0.717, 1.165) is 42.6 Å². The third-order valence-corrected chi connectivity index (χ3v) is 7.43. The van der Waals surface area contributed by atoms with Gasteiger partial charge in [0.25, 0.3) is 0 Å². The molecule has 4 aromatic rings. The Kier molecular flexibility index (Phi) is 10.7. The van der Waals surface area contributed by atoms with E-state index in [9.17, 15) is 19.4 Å². The molecule has 1 heterocycles. The van der Waals surface area contributed by atoms with E-state index in [4.69, 9.17) is 10.2 Å². The number of carboxylic acid groups (broad SMARTS) is 1. The number of aliphatic carboxylic acids is 1. The maximum Gasteiger partial charge on any atom is 0.305 e. The Morgan fingerprint density at radius 3 is 2.37 bits per heavy atom. The number of nitrogens with zero attached hydrogens (tertiary/aromatic N) is 2. The summed E-state index contributed by atoms with van der Waals surface area (Å²) >= 11 is 0. The normalized spacial score (nSPS) is 16.1. The average Bonchev–Trinajstić information content (AvgIpc) is 3.32. The summed E-state index contributed by atoms with van der Waals surface area (Å²) in [6.45, 7) is 0. The van der Waals surface area contributed by atoms with Gasteiger partial charge in [-0.3, -0.25) is 4.79 Å². The van der Waals surface area contributed by atoms with E-state index in [1.807, 2.05) is 18.2 Å². The van der Waals surface area contributed by atoms with Crippen molar-refractivity contribution in [3.63, 3.8) is 0 Å². The number of carboxylic acids is 1. The molecule has 1 aliphatic rings. The second kappa shape index (κ2) is 14.2. The third kappa shape index (κ3) is 7.82. The summed E-state index contributed by atoms with van der Waals surface area (Å²) in [5.41, 5.74) is 7.20. The minimum absolute atomic E-state index is 0. The van der Waals surface area contributed by atoms with Gasteiger partial charge >= 0.3 is 5.97 Å². The molecule has 3 atom stereocenters. The zero-order valence-corrected chi connectivity index (χ0v) is 25.2. The molecule has 1 aromatic heterocycles. The van der Waals surface area contributed by atoms with Crippen molar-refractivity contribution in [2.45, 2.75) is 56.7 Å². The van der Waals surface area contributed by atoms with Gasteiger partial charge < -0.3 is 15.3 Å². The first-order chi connectivity index (χ1) is 19.4. The summed E-state index contributed by atoms with van der Waals surface area (Å²) in [5.74, 6) is -1.24. The molecule has 0 amide bonds. The minimum atomic E-state index is -1.15. The van der Waals surface area contributed by atoms with Crippen molar-refractivity contribution >= 4 is 41.6 Å². The van der Waals surface area contributed by atoms with Crippen LogP contribution in [0.5, 0.6) is 0 Å². The Morgan fingerprint density at radius 1 is 1.00 bits per heavy atom. The predicted molar refractivity (Wildman–Crippen MR) is 158 cm³/mol. The van der Waals surface area contributed by atoms with Crippen molar-refractivity contribution in [3.05, 3.63) is 113 Å². The van der Waals surface area contributed by atoms with Crippen molar-refractivity contribution in [3.8, 4) is 16.8 Å². The molecule has 0 saturated heterocycles. The van der Waals surface area contributed by atoms with Gasteiger partial charge in [0.2, 0.25) is 0 Å². The van der Waals surface area contributed by atoms with Crippen molar-refractivity contribution in [2.75, 3.05) is 0 Å². The monoisotopic (exact) mass is 563 g/mol. The van der Waals surface area contributed by atoms with Crippen LogP contribution in [-0.2, 0) is 17.6 Å². The Bertz CT molecular complexity index is 1470. The van der Waals surface area contributed by atoms with Gasteiger partial charge in [-0.1, -0.05) is 60.7 Å². The fraction of sp³-hybridized carbons (Fsp3) is 0.273. The molecule has 3 N–H and O–H groups in total. The fourth-order valence-corrected chi connectivity index (χ4v) is 5.47. The predicted octanol–water partition coefficient (Wildman–Crippen LogP) is 5.56. The number of carbonyl (C=O) groups is 1. The van der Waals surface area contributed by atoms with Crippen LogP contribution in [0.25, 0.3) is 22.9 Å². The van der Waals surface area contributed by atoms with Gasteiger partial charge in [0.05, 0.1) is 35.7 Å². The number of aliphatic hydroxyl groups excluding tert-OH is 2. The SMILES string of the molecule is O=C(O)CC(O)CC(O)/C=C/c1c2c(nn1-c1ccc(F)cc1)C(Cc1ccc(-c3ccccc3)cc1)CCC2.[Na]. The molecular formula is C33H33FN2NaO4. The van der Waals surface area contributed by atoms with Gasteiger partial charge in [-0.15, -0.1) is 0 Å². The van der Waals surface area contributed by atoms with Crippen molar-refractivity contribution < 1.29 is 24.5 Å². The smallest absolute Gasteiger partial charge is 0.305 e. The van der Waals surface area contributed by atoms with Crippen LogP contribution in [0.1, 0.15) is 54.1 Å². The minimum Gasteiger partial charge on any atom is -0.481 e. The first-order valence-corrected chi connectivity index (χ1v) is 13.7. The number of hydrogen-bond donors (Lipinski definition) is 3. The largest absolute Gasteiger partial charge is 0.481 e. The summed E-state index contributed by atoms with van der Waals surface area (Å²) in [4.78, 5) is 10.9.